The SMILES string of the molecule is CC(=O)CNc1ccc(-c2ccc(C(C)C)cc2)nn1. The van der Waals surface area contributed by atoms with E-state index in [1.54, 1.807) is 0 Å². The van der Waals surface area contributed by atoms with Crippen molar-refractivity contribution < 1.29 is 4.79 Å². The van der Waals surface area contributed by atoms with Crippen LogP contribution in [0.2, 0.25) is 0 Å². The first-order valence-corrected chi connectivity index (χ1v) is 6.73. The molecule has 104 valence electrons. The molecule has 0 aliphatic carbocycles. The van der Waals surface area contributed by atoms with E-state index in [1.807, 2.05) is 12.1 Å². The Bertz CT molecular complexity index is 574. The second kappa shape index (κ2) is 6.28. The Morgan fingerprint density at radius 2 is 1.80 bits per heavy atom. The third kappa shape index (κ3) is 3.63. The average Bonchev–Trinajstić information content (AvgIpc) is 2.46. The normalized spacial score (nSPS) is 10.6. The molecule has 0 fully saturated rings. The van der Waals surface area contributed by atoms with Crippen LogP contribution in [0.15, 0.2) is 36.4 Å². The number of hydrogen-bond acceptors (Lipinski definition) is 4. The van der Waals surface area contributed by atoms with Crippen molar-refractivity contribution in [2.75, 3.05) is 11.9 Å². The fraction of sp³-hybridized carbons (Fsp3) is 0.312. The van der Waals surface area contributed by atoms with Crippen LogP contribution < -0.4 is 5.32 Å². The molecular weight excluding hydrogens is 250 g/mol. The number of anilines is 1. The minimum atomic E-state index is 0.0696. The first-order valence-electron chi connectivity index (χ1n) is 6.73. The molecule has 0 aliphatic heterocycles. The minimum absolute atomic E-state index is 0.0696. The van der Waals surface area contributed by atoms with E-state index in [9.17, 15) is 4.79 Å². The zero-order valence-electron chi connectivity index (χ0n) is 12.1. The molecule has 2 rings (SSSR count). The molecule has 0 amide bonds. The van der Waals surface area contributed by atoms with E-state index in [0.717, 1.165) is 11.3 Å². The molecule has 1 aromatic heterocycles. The zero-order chi connectivity index (χ0) is 14.5. The number of carbonyl (C=O) groups excluding carboxylic acids is 1. The fourth-order valence-electron chi connectivity index (χ4n) is 1.83. The van der Waals surface area contributed by atoms with Crippen LogP contribution in [-0.2, 0) is 4.79 Å². The van der Waals surface area contributed by atoms with E-state index in [-0.39, 0.29) is 12.3 Å². The summed E-state index contributed by atoms with van der Waals surface area (Å²) in [5.74, 6) is 1.20. The van der Waals surface area contributed by atoms with Gasteiger partial charge in [0, 0.05) is 5.56 Å². The summed E-state index contributed by atoms with van der Waals surface area (Å²) in [6.07, 6.45) is 0. The highest BCUT2D eigenvalue weighted by Crippen LogP contribution is 2.21. The van der Waals surface area contributed by atoms with Gasteiger partial charge in [-0.3, -0.25) is 4.79 Å². The topological polar surface area (TPSA) is 54.9 Å². The molecule has 0 saturated heterocycles. The second-order valence-corrected chi connectivity index (χ2v) is 5.14. The van der Waals surface area contributed by atoms with Crippen LogP contribution in [0.4, 0.5) is 5.82 Å². The molecule has 0 aliphatic rings. The van der Waals surface area contributed by atoms with Gasteiger partial charge in [0.2, 0.25) is 0 Å². The molecule has 2 aromatic rings. The molecule has 0 bridgehead atoms. The minimum Gasteiger partial charge on any atom is -0.362 e. The maximum Gasteiger partial charge on any atom is 0.149 e. The van der Waals surface area contributed by atoms with Gasteiger partial charge in [0.05, 0.1) is 12.2 Å². The van der Waals surface area contributed by atoms with Crippen molar-refractivity contribution in [3.05, 3.63) is 42.0 Å². The number of nitrogens with one attached hydrogen (secondary N) is 1. The van der Waals surface area contributed by atoms with Crippen molar-refractivity contribution in [1.82, 2.24) is 10.2 Å². The molecule has 0 spiro atoms. The first-order chi connectivity index (χ1) is 9.56. The van der Waals surface area contributed by atoms with E-state index < -0.39 is 0 Å². The van der Waals surface area contributed by atoms with E-state index in [0.29, 0.717) is 11.7 Å². The average molecular weight is 269 g/mol. The summed E-state index contributed by atoms with van der Waals surface area (Å²) >= 11 is 0. The Kier molecular flexibility index (Phi) is 4.45. The maximum absolute atomic E-state index is 10.9. The number of Topliss-reactive ketones (excluding diaryl/α,β-unsaturated/α-hetero) is 1. The van der Waals surface area contributed by atoms with Gasteiger partial charge in [0.1, 0.15) is 11.6 Å². The van der Waals surface area contributed by atoms with Crippen LogP contribution >= 0.6 is 0 Å². The standard InChI is InChI=1S/C16H19N3O/c1-11(2)13-4-6-14(7-5-13)15-8-9-16(19-18-15)17-10-12(3)20/h4-9,11H,10H2,1-3H3,(H,17,19). The van der Waals surface area contributed by atoms with Crippen molar-refractivity contribution in [1.29, 1.82) is 0 Å². The second-order valence-electron chi connectivity index (χ2n) is 5.14. The number of hydrogen-bond donors (Lipinski definition) is 1. The molecule has 4 heteroatoms. The summed E-state index contributed by atoms with van der Waals surface area (Å²) < 4.78 is 0. The predicted molar refractivity (Wildman–Crippen MR) is 80.7 cm³/mol. The zero-order valence-corrected chi connectivity index (χ0v) is 12.1. The number of aromatic nitrogens is 2. The van der Waals surface area contributed by atoms with Gasteiger partial charge in [0.15, 0.2) is 0 Å². The lowest BCUT2D eigenvalue weighted by Gasteiger charge is -2.07. The summed E-state index contributed by atoms with van der Waals surface area (Å²) in [6, 6.07) is 12.1. The largest absolute Gasteiger partial charge is 0.362 e. The Balaban J connectivity index is 2.11. The van der Waals surface area contributed by atoms with Gasteiger partial charge in [-0.1, -0.05) is 38.1 Å². The number of ketones is 1. The van der Waals surface area contributed by atoms with Crippen LogP contribution in [0, 0.1) is 0 Å². The third-order valence-corrected chi connectivity index (χ3v) is 3.06. The lowest BCUT2D eigenvalue weighted by molar-refractivity contribution is -0.115. The van der Waals surface area contributed by atoms with E-state index in [1.165, 1.54) is 12.5 Å². The molecule has 20 heavy (non-hydrogen) atoms. The molecule has 1 aromatic carbocycles. The van der Waals surface area contributed by atoms with E-state index in [2.05, 4.69) is 53.6 Å². The molecule has 1 N–H and O–H groups in total. The van der Waals surface area contributed by atoms with Gasteiger partial charge in [0.25, 0.3) is 0 Å². The smallest absolute Gasteiger partial charge is 0.149 e. The van der Waals surface area contributed by atoms with Crippen LogP contribution in [0.25, 0.3) is 11.3 Å². The van der Waals surface area contributed by atoms with Gasteiger partial charge in [-0.25, -0.2) is 0 Å². The quantitative estimate of drug-likeness (QED) is 0.905. The number of rotatable bonds is 5. The highest BCUT2D eigenvalue weighted by atomic mass is 16.1. The van der Waals surface area contributed by atoms with Crippen molar-refractivity contribution in [2.45, 2.75) is 26.7 Å². The van der Waals surface area contributed by atoms with Gasteiger partial charge < -0.3 is 5.32 Å². The Morgan fingerprint density at radius 3 is 2.30 bits per heavy atom. The van der Waals surface area contributed by atoms with Gasteiger partial charge in [-0.15, -0.1) is 10.2 Å². The third-order valence-electron chi connectivity index (χ3n) is 3.06. The fourth-order valence-corrected chi connectivity index (χ4v) is 1.83. The summed E-state index contributed by atoms with van der Waals surface area (Å²) in [5.41, 5.74) is 3.18. The Labute approximate surface area is 119 Å². The first kappa shape index (κ1) is 14.2. The van der Waals surface area contributed by atoms with Crippen LogP contribution in [-0.4, -0.2) is 22.5 Å². The van der Waals surface area contributed by atoms with Gasteiger partial charge in [-0.2, -0.15) is 0 Å². The molecular formula is C16H19N3O. The van der Waals surface area contributed by atoms with Gasteiger partial charge in [-0.05, 0) is 30.5 Å². The summed E-state index contributed by atoms with van der Waals surface area (Å²) in [5, 5.41) is 11.2. The number of benzene rings is 1. The molecule has 0 saturated carbocycles. The van der Waals surface area contributed by atoms with Crippen LogP contribution in [0.3, 0.4) is 0 Å². The summed E-state index contributed by atoms with van der Waals surface area (Å²) in [6.45, 7) is 6.15. The highest BCUT2D eigenvalue weighted by Gasteiger charge is 2.03. The Hall–Kier alpha value is -2.23. The van der Waals surface area contributed by atoms with Crippen molar-refractivity contribution in [3.63, 3.8) is 0 Å². The lowest BCUT2D eigenvalue weighted by atomic mass is 10.0. The van der Waals surface area contributed by atoms with Crippen LogP contribution in [0.1, 0.15) is 32.3 Å². The molecule has 0 radical (unpaired) electrons. The van der Waals surface area contributed by atoms with Gasteiger partial charge >= 0.3 is 0 Å². The molecule has 0 unspecified atom stereocenters. The monoisotopic (exact) mass is 269 g/mol. The summed E-state index contributed by atoms with van der Waals surface area (Å²) in [7, 11) is 0. The number of nitrogens with zero attached hydrogens (tertiary/aromatic N) is 2. The van der Waals surface area contributed by atoms with Crippen molar-refractivity contribution in [2.24, 2.45) is 0 Å². The summed E-state index contributed by atoms with van der Waals surface area (Å²) in [4.78, 5) is 10.9. The predicted octanol–water partition coefficient (Wildman–Crippen LogP) is 3.27. The highest BCUT2D eigenvalue weighted by molar-refractivity contribution is 5.80. The van der Waals surface area contributed by atoms with E-state index in [4.69, 9.17) is 0 Å². The van der Waals surface area contributed by atoms with Crippen molar-refractivity contribution >= 4 is 11.6 Å². The molecule has 4 nitrogen and oxygen atoms in total. The molecule has 0 atom stereocenters. The number of carbonyl (C=O) groups is 1. The van der Waals surface area contributed by atoms with Crippen LogP contribution in [0.5, 0.6) is 0 Å². The maximum atomic E-state index is 10.9. The van der Waals surface area contributed by atoms with Crippen molar-refractivity contribution in [3.8, 4) is 11.3 Å². The lowest BCUT2D eigenvalue weighted by Crippen LogP contribution is -2.11. The Morgan fingerprint density at radius 1 is 1.10 bits per heavy atom. The molecule has 1 heterocycles. The van der Waals surface area contributed by atoms with E-state index >= 15 is 0 Å².